The monoisotopic (exact) mass is 239 g/mol. The average Bonchev–Trinajstić information content (AvgIpc) is 2.39. The van der Waals surface area contributed by atoms with E-state index >= 15 is 0 Å². The first-order valence-electron chi connectivity index (χ1n) is 6.44. The zero-order chi connectivity index (χ0) is 12.4. The van der Waals surface area contributed by atoms with E-state index in [0.717, 1.165) is 18.7 Å². The van der Waals surface area contributed by atoms with E-state index in [0.29, 0.717) is 5.75 Å². The first-order valence-corrected chi connectivity index (χ1v) is 6.44. The van der Waals surface area contributed by atoms with E-state index in [1.807, 2.05) is 12.1 Å². The number of hydrogen-bond acceptors (Lipinski definition) is 2. The van der Waals surface area contributed by atoms with Crippen LogP contribution in [0.5, 0.6) is 5.75 Å². The van der Waals surface area contributed by atoms with Crippen LogP contribution in [0.15, 0.2) is 48.5 Å². The van der Waals surface area contributed by atoms with Crippen LogP contribution in [-0.4, -0.2) is 11.7 Å². The van der Waals surface area contributed by atoms with E-state index < -0.39 is 0 Å². The summed E-state index contributed by atoms with van der Waals surface area (Å²) in [5, 5.41) is 9.52. The van der Waals surface area contributed by atoms with Gasteiger partial charge in [0, 0.05) is 18.8 Å². The van der Waals surface area contributed by atoms with Crippen LogP contribution in [-0.2, 0) is 13.0 Å². The van der Waals surface area contributed by atoms with Gasteiger partial charge in [0.2, 0.25) is 0 Å². The first-order chi connectivity index (χ1) is 8.83. The van der Waals surface area contributed by atoms with Crippen molar-refractivity contribution in [2.45, 2.75) is 19.4 Å². The van der Waals surface area contributed by atoms with Gasteiger partial charge >= 0.3 is 0 Å². The molecule has 0 fully saturated rings. The third kappa shape index (κ3) is 2.19. The molecule has 0 saturated carbocycles. The van der Waals surface area contributed by atoms with Crippen molar-refractivity contribution in [3.8, 4) is 5.75 Å². The molecule has 0 spiro atoms. The van der Waals surface area contributed by atoms with Crippen LogP contribution in [0, 0.1) is 0 Å². The van der Waals surface area contributed by atoms with Crippen molar-refractivity contribution >= 4 is 5.69 Å². The normalized spacial score (nSPS) is 14.3. The van der Waals surface area contributed by atoms with E-state index in [2.05, 4.69) is 35.2 Å². The number of nitrogens with zero attached hydrogens (tertiary/aromatic N) is 1. The summed E-state index contributed by atoms with van der Waals surface area (Å²) >= 11 is 0. The predicted molar refractivity (Wildman–Crippen MR) is 73.9 cm³/mol. The minimum atomic E-state index is 0.345. The second-order valence-corrected chi connectivity index (χ2v) is 4.82. The number of fused-ring (bicyclic) bond motifs is 1. The van der Waals surface area contributed by atoms with Gasteiger partial charge in [0.15, 0.2) is 0 Å². The van der Waals surface area contributed by atoms with E-state index in [4.69, 9.17) is 0 Å². The van der Waals surface area contributed by atoms with Gasteiger partial charge in [-0.05, 0) is 42.2 Å². The Morgan fingerprint density at radius 1 is 1.06 bits per heavy atom. The number of hydrogen-bond donors (Lipinski definition) is 1. The van der Waals surface area contributed by atoms with Gasteiger partial charge in [-0.25, -0.2) is 0 Å². The van der Waals surface area contributed by atoms with Gasteiger partial charge in [0.1, 0.15) is 5.75 Å². The SMILES string of the molecule is Oc1cccc(CN2CCCc3ccccc32)c1. The lowest BCUT2D eigenvalue weighted by molar-refractivity contribution is 0.474. The van der Waals surface area contributed by atoms with Gasteiger partial charge in [-0.1, -0.05) is 30.3 Å². The first kappa shape index (κ1) is 11.1. The molecule has 0 amide bonds. The lowest BCUT2D eigenvalue weighted by Crippen LogP contribution is -2.28. The highest BCUT2D eigenvalue weighted by molar-refractivity contribution is 5.55. The number of rotatable bonds is 2. The zero-order valence-corrected chi connectivity index (χ0v) is 10.3. The van der Waals surface area contributed by atoms with E-state index in [9.17, 15) is 5.11 Å². The van der Waals surface area contributed by atoms with Gasteiger partial charge in [-0.2, -0.15) is 0 Å². The molecular weight excluding hydrogens is 222 g/mol. The molecular formula is C16H17NO. The lowest BCUT2D eigenvalue weighted by atomic mass is 10.0. The Morgan fingerprint density at radius 3 is 2.83 bits per heavy atom. The molecule has 0 radical (unpaired) electrons. The molecule has 0 saturated heterocycles. The maximum atomic E-state index is 9.52. The summed E-state index contributed by atoms with van der Waals surface area (Å²) in [4.78, 5) is 2.40. The highest BCUT2D eigenvalue weighted by Gasteiger charge is 2.16. The summed E-state index contributed by atoms with van der Waals surface area (Å²) in [5.41, 5.74) is 3.93. The van der Waals surface area contributed by atoms with Gasteiger partial charge < -0.3 is 10.0 Å². The molecule has 18 heavy (non-hydrogen) atoms. The smallest absolute Gasteiger partial charge is 0.115 e. The minimum Gasteiger partial charge on any atom is -0.508 e. The summed E-state index contributed by atoms with van der Waals surface area (Å²) in [7, 11) is 0. The highest BCUT2D eigenvalue weighted by atomic mass is 16.3. The molecule has 1 N–H and O–H groups in total. The van der Waals surface area contributed by atoms with Crippen LogP contribution in [0.3, 0.4) is 0 Å². The third-order valence-corrected chi connectivity index (χ3v) is 3.49. The quantitative estimate of drug-likeness (QED) is 0.868. The number of aryl methyl sites for hydroxylation is 1. The number of anilines is 1. The molecule has 2 heteroatoms. The summed E-state index contributed by atoms with van der Waals surface area (Å²) < 4.78 is 0. The molecule has 1 aliphatic heterocycles. The van der Waals surface area contributed by atoms with Crippen LogP contribution >= 0.6 is 0 Å². The van der Waals surface area contributed by atoms with Crippen molar-refractivity contribution < 1.29 is 5.11 Å². The maximum absolute atomic E-state index is 9.52. The predicted octanol–water partition coefficient (Wildman–Crippen LogP) is 3.35. The van der Waals surface area contributed by atoms with Gasteiger partial charge in [0.25, 0.3) is 0 Å². The Kier molecular flexibility index (Phi) is 2.93. The fourth-order valence-electron chi connectivity index (χ4n) is 2.65. The summed E-state index contributed by atoms with van der Waals surface area (Å²) in [6.07, 6.45) is 2.38. The molecule has 0 aromatic heterocycles. The van der Waals surface area contributed by atoms with Gasteiger partial charge in [-0.3, -0.25) is 0 Å². The van der Waals surface area contributed by atoms with E-state index in [1.165, 1.54) is 24.1 Å². The molecule has 3 rings (SSSR count). The Labute approximate surface area is 107 Å². The molecule has 92 valence electrons. The lowest BCUT2D eigenvalue weighted by Gasteiger charge is -2.31. The molecule has 0 aliphatic carbocycles. The Balaban J connectivity index is 1.86. The van der Waals surface area contributed by atoms with Crippen molar-refractivity contribution in [3.63, 3.8) is 0 Å². The van der Waals surface area contributed by atoms with Crippen LogP contribution in [0.2, 0.25) is 0 Å². The summed E-state index contributed by atoms with van der Waals surface area (Å²) in [6.45, 7) is 1.96. The number of phenols is 1. The van der Waals surface area contributed by atoms with Crippen LogP contribution in [0.25, 0.3) is 0 Å². The van der Waals surface area contributed by atoms with Crippen molar-refractivity contribution in [1.29, 1.82) is 0 Å². The standard InChI is InChI=1S/C16H17NO/c18-15-8-3-5-13(11-15)12-17-10-4-7-14-6-1-2-9-16(14)17/h1-3,5-6,8-9,11,18H,4,7,10,12H2. The zero-order valence-electron chi connectivity index (χ0n) is 10.3. The minimum absolute atomic E-state index is 0.345. The number of aromatic hydroxyl groups is 1. The largest absolute Gasteiger partial charge is 0.508 e. The Morgan fingerprint density at radius 2 is 1.94 bits per heavy atom. The topological polar surface area (TPSA) is 23.5 Å². The molecule has 1 heterocycles. The molecule has 2 aromatic rings. The average molecular weight is 239 g/mol. The molecule has 2 aromatic carbocycles. The highest BCUT2D eigenvalue weighted by Crippen LogP contribution is 2.28. The van der Waals surface area contributed by atoms with Crippen molar-refractivity contribution in [3.05, 3.63) is 59.7 Å². The third-order valence-electron chi connectivity index (χ3n) is 3.49. The number of benzene rings is 2. The summed E-state index contributed by atoms with van der Waals surface area (Å²) in [5.74, 6) is 0.345. The molecule has 2 nitrogen and oxygen atoms in total. The van der Waals surface area contributed by atoms with Gasteiger partial charge in [0.05, 0.1) is 0 Å². The Hall–Kier alpha value is -1.96. The molecule has 0 bridgehead atoms. The van der Waals surface area contributed by atoms with E-state index in [-0.39, 0.29) is 0 Å². The maximum Gasteiger partial charge on any atom is 0.115 e. The molecule has 1 aliphatic rings. The van der Waals surface area contributed by atoms with E-state index in [1.54, 1.807) is 6.07 Å². The fraction of sp³-hybridized carbons (Fsp3) is 0.250. The van der Waals surface area contributed by atoms with Gasteiger partial charge in [-0.15, -0.1) is 0 Å². The van der Waals surface area contributed by atoms with Crippen LogP contribution < -0.4 is 4.90 Å². The fourth-order valence-corrected chi connectivity index (χ4v) is 2.65. The van der Waals surface area contributed by atoms with Crippen molar-refractivity contribution in [2.24, 2.45) is 0 Å². The molecule has 0 atom stereocenters. The number of phenolic OH excluding ortho intramolecular Hbond substituents is 1. The van der Waals surface area contributed by atoms with Crippen molar-refractivity contribution in [2.75, 3.05) is 11.4 Å². The van der Waals surface area contributed by atoms with Crippen LogP contribution in [0.1, 0.15) is 17.5 Å². The van der Waals surface area contributed by atoms with Crippen molar-refractivity contribution in [1.82, 2.24) is 0 Å². The summed E-state index contributed by atoms with van der Waals surface area (Å²) in [6, 6.07) is 16.1. The Bertz CT molecular complexity index is 550. The second-order valence-electron chi connectivity index (χ2n) is 4.82. The molecule has 0 unspecified atom stereocenters. The second kappa shape index (κ2) is 4.73. The number of para-hydroxylation sites is 1. The van der Waals surface area contributed by atoms with Crippen LogP contribution in [0.4, 0.5) is 5.69 Å².